The highest BCUT2D eigenvalue weighted by Crippen LogP contribution is 2.41. The van der Waals surface area contributed by atoms with Gasteiger partial charge in [0.2, 0.25) is 5.79 Å². The molecule has 2 unspecified atom stereocenters. The SMILES string of the molecule is CCCCCC(C)(C)OOC1(OOC(C)(C)CCCCC)CC(C)CC(C)C1. The maximum atomic E-state index is 6.08. The largest absolute Gasteiger partial charge is 0.234 e. The molecule has 1 aliphatic rings. The number of hydrogen-bond acceptors (Lipinski definition) is 4. The van der Waals surface area contributed by atoms with Crippen LogP contribution in [0.4, 0.5) is 0 Å². The van der Waals surface area contributed by atoms with Crippen LogP contribution < -0.4 is 0 Å². The topological polar surface area (TPSA) is 36.9 Å². The number of rotatable bonds is 14. The van der Waals surface area contributed by atoms with E-state index in [-0.39, 0.29) is 11.2 Å². The van der Waals surface area contributed by atoms with Gasteiger partial charge in [0.25, 0.3) is 0 Å². The molecular formula is C24H48O4. The van der Waals surface area contributed by atoms with Gasteiger partial charge in [0.05, 0.1) is 11.2 Å². The summed E-state index contributed by atoms with van der Waals surface area (Å²) < 4.78 is 0. The Morgan fingerprint density at radius 3 is 1.46 bits per heavy atom. The Balaban J connectivity index is 2.72. The molecule has 0 radical (unpaired) electrons. The summed E-state index contributed by atoms with van der Waals surface area (Å²) in [6.45, 7) is 17.4. The van der Waals surface area contributed by atoms with Gasteiger partial charge in [-0.1, -0.05) is 66.2 Å². The van der Waals surface area contributed by atoms with E-state index in [1.807, 2.05) is 0 Å². The molecule has 168 valence electrons. The smallest absolute Gasteiger partial charge is 0.228 e. The lowest BCUT2D eigenvalue weighted by Crippen LogP contribution is -2.46. The van der Waals surface area contributed by atoms with Gasteiger partial charge in [-0.15, -0.1) is 0 Å². The van der Waals surface area contributed by atoms with Crippen molar-refractivity contribution in [3.05, 3.63) is 0 Å². The van der Waals surface area contributed by atoms with Crippen LogP contribution in [0.5, 0.6) is 0 Å². The standard InChI is InChI=1S/C24H48O4/c1-9-11-13-15-22(5,6)25-27-24(18-20(3)17-21(4)19-24)28-26-23(7,8)16-14-12-10-2/h20-21H,9-19H2,1-8H3. The zero-order valence-electron chi connectivity index (χ0n) is 20.1. The lowest BCUT2D eigenvalue weighted by atomic mass is 9.79. The van der Waals surface area contributed by atoms with Crippen molar-refractivity contribution in [2.24, 2.45) is 11.8 Å². The molecule has 28 heavy (non-hydrogen) atoms. The van der Waals surface area contributed by atoms with Crippen molar-refractivity contribution in [2.75, 3.05) is 0 Å². The summed E-state index contributed by atoms with van der Waals surface area (Å²) in [6, 6.07) is 0. The summed E-state index contributed by atoms with van der Waals surface area (Å²) in [5.41, 5.74) is -0.655. The Bertz CT molecular complexity index is 381. The maximum absolute atomic E-state index is 6.08. The summed E-state index contributed by atoms with van der Waals surface area (Å²) in [7, 11) is 0. The normalized spacial score (nSPS) is 23.1. The molecular weight excluding hydrogens is 352 g/mol. The first-order valence-corrected chi connectivity index (χ1v) is 11.8. The Kier molecular flexibility index (Phi) is 11.0. The van der Waals surface area contributed by atoms with Gasteiger partial charge in [-0.25, -0.2) is 9.78 Å². The van der Waals surface area contributed by atoms with Crippen molar-refractivity contribution in [1.82, 2.24) is 0 Å². The molecule has 0 amide bonds. The molecule has 0 bridgehead atoms. The van der Waals surface area contributed by atoms with Crippen LogP contribution in [-0.2, 0) is 19.6 Å². The van der Waals surface area contributed by atoms with Crippen LogP contribution in [0, 0.1) is 11.8 Å². The molecule has 1 saturated carbocycles. The summed E-state index contributed by atoms with van der Waals surface area (Å²) in [5.74, 6) is 0.214. The Labute approximate surface area is 174 Å². The zero-order chi connectivity index (χ0) is 21.3. The quantitative estimate of drug-likeness (QED) is 0.129. The van der Waals surface area contributed by atoms with Gasteiger partial charge in [-0.2, -0.15) is 9.78 Å². The highest BCUT2D eigenvalue weighted by molar-refractivity contribution is 4.82. The minimum atomic E-state index is -0.818. The molecule has 0 aromatic carbocycles. The van der Waals surface area contributed by atoms with E-state index in [2.05, 4.69) is 55.4 Å². The molecule has 0 aromatic heterocycles. The third-order valence-electron chi connectivity index (χ3n) is 5.73. The predicted molar refractivity (Wildman–Crippen MR) is 116 cm³/mol. The average molecular weight is 401 g/mol. The minimum Gasteiger partial charge on any atom is -0.228 e. The van der Waals surface area contributed by atoms with Crippen LogP contribution in [0.15, 0.2) is 0 Å². The molecule has 0 heterocycles. The second-order valence-electron chi connectivity index (χ2n) is 10.5. The fraction of sp³-hybridized carbons (Fsp3) is 1.00. The van der Waals surface area contributed by atoms with Gasteiger partial charge in [0.15, 0.2) is 0 Å². The van der Waals surface area contributed by atoms with E-state index < -0.39 is 5.79 Å². The van der Waals surface area contributed by atoms with E-state index in [1.54, 1.807) is 0 Å². The van der Waals surface area contributed by atoms with Gasteiger partial charge in [0, 0.05) is 12.8 Å². The molecule has 1 fully saturated rings. The third-order valence-corrected chi connectivity index (χ3v) is 5.73. The Hall–Kier alpha value is -0.160. The van der Waals surface area contributed by atoms with Crippen LogP contribution in [0.3, 0.4) is 0 Å². The molecule has 0 aliphatic heterocycles. The predicted octanol–water partition coefficient (Wildman–Crippen LogP) is 7.75. The molecule has 0 spiro atoms. The van der Waals surface area contributed by atoms with Gasteiger partial charge >= 0.3 is 0 Å². The van der Waals surface area contributed by atoms with Crippen LogP contribution in [0.1, 0.15) is 126 Å². The van der Waals surface area contributed by atoms with Crippen LogP contribution in [0.25, 0.3) is 0 Å². The Morgan fingerprint density at radius 2 is 1.11 bits per heavy atom. The third kappa shape index (κ3) is 10.0. The van der Waals surface area contributed by atoms with Crippen molar-refractivity contribution in [1.29, 1.82) is 0 Å². The molecule has 0 N–H and O–H groups in total. The summed E-state index contributed by atoms with van der Waals surface area (Å²) >= 11 is 0. The zero-order valence-corrected chi connectivity index (χ0v) is 20.1. The van der Waals surface area contributed by atoms with Crippen molar-refractivity contribution in [3.63, 3.8) is 0 Å². The second-order valence-corrected chi connectivity index (χ2v) is 10.5. The molecule has 0 aromatic rings. The monoisotopic (exact) mass is 400 g/mol. The molecule has 4 nitrogen and oxygen atoms in total. The van der Waals surface area contributed by atoms with E-state index >= 15 is 0 Å². The van der Waals surface area contributed by atoms with Gasteiger partial charge < -0.3 is 0 Å². The van der Waals surface area contributed by atoms with Crippen LogP contribution >= 0.6 is 0 Å². The minimum absolute atomic E-state index is 0.327. The highest BCUT2D eigenvalue weighted by atomic mass is 17.3. The summed E-state index contributed by atoms with van der Waals surface area (Å²) in [6.07, 6.45) is 11.9. The van der Waals surface area contributed by atoms with Crippen LogP contribution in [-0.4, -0.2) is 17.0 Å². The van der Waals surface area contributed by atoms with Crippen molar-refractivity contribution in [3.8, 4) is 0 Å². The summed E-state index contributed by atoms with van der Waals surface area (Å²) in [5, 5.41) is 0. The number of unbranched alkanes of at least 4 members (excludes halogenated alkanes) is 4. The first-order valence-electron chi connectivity index (χ1n) is 11.8. The van der Waals surface area contributed by atoms with Crippen molar-refractivity contribution in [2.45, 2.75) is 143 Å². The van der Waals surface area contributed by atoms with Gasteiger partial charge in [0.1, 0.15) is 0 Å². The average Bonchev–Trinajstić information content (AvgIpc) is 2.58. The van der Waals surface area contributed by atoms with E-state index in [0.717, 1.165) is 38.5 Å². The summed E-state index contributed by atoms with van der Waals surface area (Å²) in [4.78, 5) is 24.1. The first-order chi connectivity index (χ1) is 13.0. The molecule has 2 atom stereocenters. The van der Waals surface area contributed by atoms with E-state index in [9.17, 15) is 0 Å². The molecule has 1 aliphatic carbocycles. The van der Waals surface area contributed by atoms with Gasteiger partial charge in [-0.05, 0) is 58.8 Å². The first kappa shape index (κ1) is 25.9. The highest BCUT2D eigenvalue weighted by Gasteiger charge is 2.45. The molecule has 4 heteroatoms. The second kappa shape index (κ2) is 11.9. The van der Waals surface area contributed by atoms with E-state index in [0.29, 0.717) is 11.8 Å². The fourth-order valence-corrected chi connectivity index (χ4v) is 4.21. The lowest BCUT2D eigenvalue weighted by molar-refractivity contribution is -0.551. The van der Waals surface area contributed by atoms with E-state index in [4.69, 9.17) is 19.6 Å². The van der Waals surface area contributed by atoms with E-state index in [1.165, 1.54) is 32.1 Å². The molecule has 1 rings (SSSR count). The van der Waals surface area contributed by atoms with Crippen molar-refractivity contribution < 1.29 is 19.6 Å². The fourth-order valence-electron chi connectivity index (χ4n) is 4.21. The maximum Gasteiger partial charge on any atom is 0.234 e. The van der Waals surface area contributed by atoms with Gasteiger partial charge in [-0.3, -0.25) is 0 Å². The molecule has 0 saturated heterocycles. The van der Waals surface area contributed by atoms with Crippen LogP contribution in [0.2, 0.25) is 0 Å². The number of hydrogen-bond donors (Lipinski definition) is 0. The Morgan fingerprint density at radius 1 is 0.714 bits per heavy atom. The van der Waals surface area contributed by atoms with Crippen molar-refractivity contribution >= 4 is 0 Å². The lowest BCUT2D eigenvalue weighted by Gasteiger charge is -2.42.